The van der Waals surface area contributed by atoms with Gasteiger partial charge in [0, 0.05) is 22.6 Å². The normalized spacial score (nSPS) is 25.2. The van der Waals surface area contributed by atoms with Gasteiger partial charge in [-0.05, 0) is 25.1 Å². The first-order valence-corrected chi connectivity index (χ1v) is 9.41. The number of ketones is 1. The van der Waals surface area contributed by atoms with Crippen LogP contribution in [0.5, 0.6) is 5.75 Å². The minimum atomic E-state index is -1.51. The summed E-state index contributed by atoms with van der Waals surface area (Å²) >= 11 is 0. The van der Waals surface area contributed by atoms with Crippen molar-refractivity contribution in [2.24, 2.45) is 16.7 Å². The van der Waals surface area contributed by atoms with E-state index in [1.54, 1.807) is 24.3 Å². The van der Waals surface area contributed by atoms with Crippen LogP contribution in [0.25, 0.3) is 0 Å². The van der Waals surface area contributed by atoms with Gasteiger partial charge in [-0.2, -0.15) is 0 Å². The molecule has 2 aliphatic rings. The fourth-order valence-corrected chi connectivity index (χ4v) is 4.15. The quantitative estimate of drug-likeness (QED) is 0.501. The first-order chi connectivity index (χ1) is 13.2. The van der Waals surface area contributed by atoms with Gasteiger partial charge < -0.3 is 10.1 Å². The Hall–Kier alpha value is -2.95. The standard InChI is InChI=1S/C23H23NO4/c1-13-9-11-14(12-10-13)24-20(26)23-17(18(23)19(25)22(2,3)4)15-7-5-6-8-16(15)28-21(23)27/h5-12,17-18H,1-4H3,(H,24,26)/t17-,18-,23-/m1/s1. The van der Waals surface area contributed by atoms with Crippen molar-refractivity contribution in [3.63, 3.8) is 0 Å². The van der Waals surface area contributed by atoms with E-state index in [-0.39, 0.29) is 5.78 Å². The number of rotatable bonds is 3. The Labute approximate surface area is 164 Å². The molecule has 4 rings (SSSR count). The molecule has 0 spiro atoms. The van der Waals surface area contributed by atoms with Gasteiger partial charge in [0.15, 0.2) is 5.41 Å². The lowest BCUT2D eigenvalue weighted by Crippen LogP contribution is -2.41. The maximum absolute atomic E-state index is 13.3. The molecular weight excluding hydrogens is 354 g/mol. The van der Waals surface area contributed by atoms with E-state index < -0.39 is 34.5 Å². The second-order valence-corrected chi connectivity index (χ2v) is 8.69. The van der Waals surface area contributed by atoms with Gasteiger partial charge >= 0.3 is 5.97 Å². The number of aryl methyl sites for hydroxylation is 1. The number of Topliss-reactive ketones (excluding diaryl/α,β-unsaturated/α-hetero) is 1. The van der Waals surface area contributed by atoms with Crippen LogP contribution >= 0.6 is 0 Å². The van der Waals surface area contributed by atoms with Crippen LogP contribution in [-0.2, 0) is 14.4 Å². The van der Waals surface area contributed by atoms with E-state index in [4.69, 9.17) is 4.74 Å². The monoisotopic (exact) mass is 377 g/mol. The van der Waals surface area contributed by atoms with Crippen LogP contribution in [0.1, 0.15) is 37.8 Å². The van der Waals surface area contributed by atoms with Gasteiger partial charge in [-0.15, -0.1) is 0 Å². The van der Waals surface area contributed by atoms with Crippen LogP contribution in [-0.4, -0.2) is 17.7 Å². The molecule has 28 heavy (non-hydrogen) atoms. The van der Waals surface area contributed by atoms with Gasteiger partial charge in [0.2, 0.25) is 5.91 Å². The zero-order valence-corrected chi connectivity index (χ0v) is 16.4. The summed E-state index contributed by atoms with van der Waals surface area (Å²) in [5, 5.41) is 2.83. The smallest absolute Gasteiger partial charge is 0.328 e. The molecular formula is C23H23NO4. The number of carbonyl (C=O) groups is 3. The SMILES string of the molecule is Cc1ccc(NC(=O)[C@@]23C(=O)Oc4ccccc4[C@@H]2[C@@H]3C(=O)C(C)(C)C)cc1. The van der Waals surface area contributed by atoms with Crippen molar-refractivity contribution in [2.75, 3.05) is 5.32 Å². The highest BCUT2D eigenvalue weighted by atomic mass is 16.5. The lowest BCUT2D eigenvalue weighted by atomic mass is 9.85. The summed E-state index contributed by atoms with van der Waals surface area (Å²) < 4.78 is 5.51. The lowest BCUT2D eigenvalue weighted by Gasteiger charge is -2.23. The first-order valence-electron chi connectivity index (χ1n) is 9.41. The minimum absolute atomic E-state index is 0.106. The molecule has 5 heteroatoms. The van der Waals surface area contributed by atoms with Crippen molar-refractivity contribution in [1.29, 1.82) is 0 Å². The Morgan fingerprint density at radius 3 is 2.32 bits per heavy atom. The number of esters is 1. The van der Waals surface area contributed by atoms with Crippen molar-refractivity contribution < 1.29 is 19.1 Å². The second kappa shape index (κ2) is 6.03. The van der Waals surface area contributed by atoms with E-state index in [1.165, 1.54) is 0 Å². The van der Waals surface area contributed by atoms with E-state index in [0.717, 1.165) is 11.1 Å². The predicted molar refractivity (Wildman–Crippen MR) is 105 cm³/mol. The molecule has 0 bridgehead atoms. The second-order valence-electron chi connectivity index (χ2n) is 8.69. The first kappa shape index (κ1) is 18.4. The largest absolute Gasteiger partial charge is 0.425 e. The Morgan fingerprint density at radius 1 is 1.04 bits per heavy atom. The number of benzene rings is 2. The number of fused-ring (bicyclic) bond motifs is 3. The van der Waals surface area contributed by atoms with Crippen LogP contribution < -0.4 is 10.1 Å². The molecule has 0 unspecified atom stereocenters. The van der Waals surface area contributed by atoms with Crippen molar-refractivity contribution >= 4 is 23.3 Å². The summed E-state index contributed by atoms with van der Waals surface area (Å²) in [6.45, 7) is 7.38. The van der Waals surface area contributed by atoms with Gasteiger partial charge in [-0.3, -0.25) is 14.4 Å². The third-order valence-corrected chi connectivity index (χ3v) is 5.71. The molecule has 1 fully saturated rings. The topological polar surface area (TPSA) is 72.5 Å². The fraction of sp³-hybridized carbons (Fsp3) is 0.348. The van der Waals surface area contributed by atoms with Gasteiger partial charge in [0.1, 0.15) is 11.5 Å². The van der Waals surface area contributed by atoms with Crippen LogP contribution in [0.4, 0.5) is 5.69 Å². The Balaban J connectivity index is 1.77. The summed E-state index contributed by atoms with van der Waals surface area (Å²) in [6, 6.07) is 14.5. The molecule has 2 aromatic rings. The number of hydrogen-bond acceptors (Lipinski definition) is 4. The Bertz CT molecular complexity index is 986. The zero-order chi connectivity index (χ0) is 20.3. The van der Waals surface area contributed by atoms with E-state index in [9.17, 15) is 14.4 Å². The number of carbonyl (C=O) groups excluding carboxylic acids is 3. The number of para-hydroxylation sites is 1. The van der Waals surface area contributed by atoms with Crippen molar-refractivity contribution in [1.82, 2.24) is 0 Å². The molecule has 1 amide bonds. The van der Waals surface area contributed by atoms with Gasteiger partial charge in [-0.25, -0.2) is 0 Å². The molecule has 0 radical (unpaired) electrons. The van der Waals surface area contributed by atoms with Gasteiger partial charge in [0.25, 0.3) is 0 Å². The van der Waals surface area contributed by atoms with Crippen LogP contribution in [0.3, 0.4) is 0 Å². The van der Waals surface area contributed by atoms with Crippen LogP contribution in [0, 0.1) is 23.7 Å². The van der Waals surface area contributed by atoms with E-state index in [0.29, 0.717) is 11.4 Å². The van der Waals surface area contributed by atoms with Crippen molar-refractivity contribution in [3.05, 3.63) is 59.7 Å². The number of ether oxygens (including phenoxy) is 1. The summed E-state index contributed by atoms with van der Waals surface area (Å²) in [5.41, 5.74) is 0.207. The summed E-state index contributed by atoms with van der Waals surface area (Å²) in [5.74, 6) is -2.03. The molecule has 0 aromatic heterocycles. The van der Waals surface area contributed by atoms with Gasteiger partial charge in [0.05, 0.1) is 5.92 Å². The maximum atomic E-state index is 13.3. The number of anilines is 1. The molecule has 1 heterocycles. The highest BCUT2D eigenvalue weighted by Gasteiger charge is 2.80. The number of hydrogen-bond donors (Lipinski definition) is 1. The summed E-state index contributed by atoms with van der Waals surface area (Å²) in [4.78, 5) is 39.5. The molecule has 1 aliphatic carbocycles. The molecule has 1 aliphatic heterocycles. The summed E-state index contributed by atoms with van der Waals surface area (Å²) in [7, 11) is 0. The highest BCUT2D eigenvalue weighted by Crippen LogP contribution is 2.70. The van der Waals surface area contributed by atoms with Crippen molar-refractivity contribution in [2.45, 2.75) is 33.6 Å². The fourth-order valence-electron chi connectivity index (χ4n) is 4.15. The Morgan fingerprint density at radius 2 is 1.68 bits per heavy atom. The minimum Gasteiger partial charge on any atom is -0.425 e. The molecule has 2 aromatic carbocycles. The Kier molecular flexibility index (Phi) is 3.96. The van der Waals surface area contributed by atoms with Crippen molar-refractivity contribution in [3.8, 4) is 5.75 Å². The predicted octanol–water partition coefficient (Wildman–Crippen LogP) is 3.87. The maximum Gasteiger partial charge on any atom is 0.328 e. The van der Waals surface area contributed by atoms with Crippen LogP contribution in [0.15, 0.2) is 48.5 Å². The molecule has 3 atom stereocenters. The van der Waals surface area contributed by atoms with E-state index in [1.807, 2.05) is 52.0 Å². The number of amides is 1. The van der Waals surface area contributed by atoms with Gasteiger partial charge in [-0.1, -0.05) is 56.7 Å². The molecule has 1 N–H and O–H groups in total. The lowest BCUT2D eigenvalue weighted by molar-refractivity contribution is -0.149. The molecule has 0 saturated heterocycles. The third kappa shape index (κ3) is 2.57. The van der Waals surface area contributed by atoms with E-state index in [2.05, 4.69) is 5.32 Å². The van der Waals surface area contributed by atoms with Crippen LogP contribution in [0.2, 0.25) is 0 Å². The van der Waals surface area contributed by atoms with E-state index >= 15 is 0 Å². The molecule has 5 nitrogen and oxygen atoms in total. The highest BCUT2D eigenvalue weighted by molar-refractivity contribution is 6.20. The average Bonchev–Trinajstić information content (AvgIpc) is 3.34. The third-order valence-electron chi connectivity index (χ3n) is 5.71. The molecule has 144 valence electrons. The zero-order valence-electron chi connectivity index (χ0n) is 16.4. The number of nitrogens with one attached hydrogen (secondary N) is 1. The average molecular weight is 377 g/mol. The summed E-state index contributed by atoms with van der Waals surface area (Å²) in [6.07, 6.45) is 0. The molecule has 1 saturated carbocycles.